The van der Waals surface area contributed by atoms with Gasteiger partial charge in [0.2, 0.25) is 0 Å². The second kappa shape index (κ2) is 11.2. The smallest absolute Gasteiger partial charge is 0.410 e. The molecule has 2 rings (SSSR count). The van der Waals surface area contributed by atoms with E-state index >= 15 is 0 Å². The number of carbonyl (C=O) groups is 1. The number of amides is 1. The van der Waals surface area contributed by atoms with Crippen LogP contribution in [0.3, 0.4) is 0 Å². The van der Waals surface area contributed by atoms with E-state index in [0.29, 0.717) is 31.4 Å². The van der Waals surface area contributed by atoms with Gasteiger partial charge in [-0.15, -0.1) is 0 Å². The summed E-state index contributed by atoms with van der Waals surface area (Å²) < 4.78 is 19.5. The molecule has 1 aliphatic rings. The van der Waals surface area contributed by atoms with Crippen molar-refractivity contribution < 1.29 is 13.9 Å². The molecule has 0 radical (unpaired) electrons. The van der Waals surface area contributed by atoms with E-state index in [1.807, 2.05) is 39.5 Å². The van der Waals surface area contributed by atoms with Crippen molar-refractivity contribution in [3.05, 3.63) is 24.1 Å². The third-order valence-electron chi connectivity index (χ3n) is 4.91. The zero-order chi connectivity index (χ0) is 23.0. The van der Waals surface area contributed by atoms with E-state index in [1.165, 1.54) is 6.07 Å². The van der Waals surface area contributed by atoms with E-state index in [-0.39, 0.29) is 24.0 Å². The third-order valence-corrected chi connectivity index (χ3v) is 4.91. The Hall–Kier alpha value is -2.58. The monoisotopic (exact) mass is 436 g/mol. The predicted molar refractivity (Wildman–Crippen MR) is 122 cm³/mol. The molecule has 31 heavy (non-hydrogen) atoms. The fourth-order valence-electron chi connectivity index (χ4n) is 3.41. The number of anilines is 1. The van der Waals surface area contributed by atoms with Crippen LogP contribution in [-0.2, 0) is 4.74 Å². The van der Waals surface area contributed by atoms with Crippen molar-refractivity contribution in [3.8, 4) is 0 Å². The van der Waals surface area contributed by atoms with Gasteiger partial charge in [-0.3, -0.25) is 4.99 Å². The van der Waals surface area contributed by atoms with Gasteiger partial charge in [0.1, 0.15) is 5.60 Å². The van der Waals surface area contributed by atoms with Crippen LogP contribution in [-0.4, -0.2) is 72.8 Å². The second-order valence-electron chi connectivity index (χ2n) is 9.00. The topological polar surface area (TPSA) is 82.1 Å². The lowest BCUT2D eigenvalue weighted by Gasteiger charge is -2.30. The molecule has 0 aliphatic carbocycles. The molecule has 8 nitrogen and oxygen atoms in total. The Labute approximate surface area is 185 Å². The lowest BCUT2D eigenvalue weighted by atomic mass is 10.2. The minimum atomic E-state index is -0.512. The van der Waals surface area contributed by atoms with Crippen molar-refractivity contribution in [2.75, 3.05) is 38.1 Å². The molecule has 1 atom stereocenters. The van der Waals surface area contributed by atoms with E-state index in [0.717, 1.165) is 19.4 Å². The van der Waals surface area contributed by atoms with Gasteiger partial charge < -0.3 is 25.2 Å². The van der Waals surface area contributed by atoms with Crippen LogP contribution >= 0.6 is 0 Å². The second-order valence-corrected chi connectivity index (χ2v) is 9.00. The van der Waals surface area contributed by atoms with Gasteiger partial charge in [0.25, 0.3) is 0 Å². The highest BCUT2D eigenvalue weighted by atomic mass is 19.1. The summed E-state index contributed by atoms with van der Waals surface area (Å²) in [5.41, 5.74) is -0.512. The van der Waals surface area contributed by atoms with Gasteiger partial charge in [0, 0.05) is 51.5 Å². The number of pyridine rings is 1. The normalized spacial score (nSPS) is 17.1. The first kappa shape index (κ1) is 24.7. The number of hydrogen-bond donors (Lipinski definition) is 2. The molecular formula is C22H37FN6O2. The number of halogens is 1. The number of guanidine groups is 1. The summed E-state index contributed by atoms with van der Waals surface area (Å²) in [6.07, 6.45) is 2.94. The first-order chi connectivity index (χ1) is 14.6. The van der Waals surface area contributed by atoms with Crippen LogP contribution in [0.1, 0.15) is 47.5 Å². The molecule has 1 aromatic rings. The van der Waals surface area contributed by atoms with Crippen LogP contribution in [0.15, 0.2) is 23.3 Å². The SMILES string of the molecule is CN=C(NCCCN(C(=O)OC(C)(C)C)C(C)C)NC1CCN(c2ncccc2F)C1. The molecule has 0 saturated carbocycles. The van der Waals surface area contributed by atoms with E-state index in [9.17, 15) is 9.18 Å². The van der Waals surface area contributed by atoms with Gasteiger partial charge >= 0.3 is 6.09 Å². The summed E-state index contributed by atoms with van der Waals surface area (Å²) in [7, 11) is 1.72. The van der Waals surface area contributed by atoms with Crippen LogP contribution in [0.4, 0.5) is 15.0 Å². The zero-order valence-electron chi connectivity index (χ0n) is 19.6. The van der Waals surface area contributed by atoms with Crippen LogP contribution in [0.2, 0.25) is 0 Å². The molecule has 2 N–H and O–H groups in total. The largest absolute Gasteiger partial charge is 0.444 e. The molecule has 1 amide bonds. The number of nitrogens with one attached hydrogen (secondary N) is 2. The molecule has 1 saturated heterocycles. The van der Waals surface area contributed by atoms with Crippen LogP contribution in [0, 0.1) is 5.82 Å². The van der Waals surface area contributed by atoms with Gasteiger partial charge in [-0.1, -0.05) is 0 Å². The molecule has 0 aromatic carbocycles. The van der Waals surface area contributed by atoms with Crippen molar-refractivity contribution in [2.45, 2.75) is 65.1 Å². The number of rotatable bonds is 7. The Bertz CT molecular complexity index is 750. The van der Waals surface area contributed by atoms with Crippen LogP contribution in [0.5, 0.6) is 0 Å². The summed E-state index contributed by atoms with van der Waals surface area (Å²) in [5, 5.41) is 6.69. The first-order valence-corrected chi connectivity index (χ1v) is 10.9. The van der Waals surface area contributed by atoms with Gasteiger partial charge in [-0.25, -0.2) is 14.2 Å². The van der Waals surface area contributed by atoms with Crippen molar-refractivity contribution in [1.29, 1.82) is 0 Å². The highest BCUT2D eigenvalue weighted by Crippen LogP contribution is 2.20. The van der Waals surface area contributed by atoms with E-state index < -0.39 is 5.60 Å². The minimum Gasteiger partial charge on any atom is -0.444 e. The van der Waals surface area contributed by atoms with E-state index in [2.05, 4.69) is 20.6 Å². The van der Waals surface area contributed by atoms with Crippen molar-refractivity contribution >= 4 is 17.9 Å². The van der Waals surface area contributed by atoms with E-state index in [4.69, 9.17) is 4.74 Å². The molecule has 1 fully saturated rings. The average molecular weight is 437 g/mol. The molecule has 1 unspecified atom stereocenters. The summed E-state index contributed by atoms with van der Waals surface area (Å²) in [6.45, 7) is 12.2. The number of nitrogens with zero attached hydrogens (tertiary/aromatic N) is 4. The third kappa shape index (κ3) is 7.88. The van der Waals surface area contributed by atoms with Crippen molar-refractivity contribution in [3.63, 3.8) is 0 Å². The first-order valence-electron chi connectivity index (χ1n) is 10.9. The molecule has 1 aliphatic heterocycles. The van der Waals surface area contributed by atoms with Crippen molar-refractivity contribution in [2.24, 2.45) is 4.99 Å². The highest BCUT2D eigenvalue weighted by Gasteiger charge is 2.26. The van der Waals surface area contributed by atoms with Crippen LogP contribution in [0.25, 0.3) is 0 Å². The summed E-state index contributed by atoms with van der Waals surface area (Å²) in [5.74, 6) is 0.790. The molecule has 174 valence electrons. The van der Waals surface area contributed by atoms with E-state index in [1.54, 1.807) is 24.2 Å². The molecular weight excluding hydrogens is 399 g/mol. The molecule has 9 heteroatoms. The Balaban J connectivity index is 1.77. The Kier molecular flexibility index (Phi) is 8.88. The average Bonchev–Trinajstić information content (AvgIpc) is 3.13. The van der Waals surface area contributed by atoms with Gasteiger partial charge in [-0.2, -0.15) is 0 Å². The standard InChI is InChI=1S/C22H37FN6O2/c1-16(2)29(21(30)31-22(3,4)5)13-8-12-26-20(24-6)27-17-10-14-28(15-17)19-18(23)9-7-11-25-19/h7,9,11,16-17H,8,10,12-15H2,1-6H3,(H2,24,26,27). The molecule has 0 bridgehead atoms. The van der Waals surface area contributed by atoms with Crippen molar-refractivity contribution in [1.82, 2.24) is 20.5 Å². The Morgan fingerprint density at radius 2 is 2.19 bits per heavy atom. The van der Waals surface area contributed by atoms with Crippen LogP contribution < -0.4 is 15.5 Å². The lowest BCUT2D eigenvalue weighted by Crippen LogP contribution is -2.46. The summed E-state index contributed by atoms with van der Waals surface area (Å²) in [4.78, 5) is 24.5. The van der Waals surface area contributed by atoms with Gasteiger partial charge in [-0.05, 0) is 59.6 Å². The lowest BCUT2D eigenvalue weighted by molar-refractivity contribution is 0.0190. The highest BCUT2D eigenvalue weighted by molar-refractivity contribution is 5.80. The quantitative estimate of drug-likeness (QED) is 0.389. The maximum Gasteiger partial charge on any atom is 0.410 e. The number of hydrogen-bond acceptors (Lipinski definition) is 5. The zero-order valence-corrected chi connectivity index (χ0v) is 19.6. The number of carbonyl (C=O) groups excluding carboxylic acids is 1. The summed E-state index contributed by atoms with van der Waals surface area (Å²) in [6, 6.07) is 3.24. The number of aromatic nitrogens is 1. The number of aliphatic imine (C=N–C) groups is 1. The fourth-order valence-corrected chi connectivity index (χ4v) is 3.41. The maximum atomic E-state index is 14.0. The minimum absolute atomic E-state index is 0.0590. The van der Waals surface area contributed by atoms with Gasteiger partial charge in [0.05, 0.1) is 0 Å². The maximum absolute atomic E-state index is 14.0. The Morgan fingerprint density at radius 1 is 1.45 bits per heavy atom. The summed E-state index contributed by atoms with van der Waals surface area (Å²) >= 11 is 0. The van der Waals surface area contributed by atoms with Gasteiger partial charge in [0.15, 0.2) is 17.6 Å². The number of ether oxygens (including phenoxy) is 1. The molecule has 1 aromatic heterocycles. The Morgan fingerprint density at radius 3 is 2.81 bits per heavy atom. The fraction of sp³-hybridized carbons (Fsp3) is 0.682. The molecule has 2 heterocycles. The molecule has 0 spiro atoms. The predicted octanol–water partition coefficient (Wildman–Crippen LogP) is 3.00.